The summed E-state index contributed by atoms with van der Waals surface area (Å²) in [5, 5.41) is 16.3. The highest BCUT2D eigenvalue weighted by Gasteiger charge is 2.10. The fourth-order valence-electron chi connectivity index (χ4n) is 1.42. The molecule has 1 aromatic rings. The Morgan fingerprint density at radius 2 is 1.81 bits per heavy atom. The number of hydrazine groups is 1. The monoisotopic (exact) mass is 297 g/mol. The van der Waals surface area contributed by atoms with Crippen LogP contribution in [0, 0.1) is 10.1 Å². The van der Waals surface area contributed by atoms with Crippen LogP contribution < -0.4 is 25.4 Å². The number of nitrogens with one attached hydrogen (secondary N) is 1. The van der Waals surface area contributed by atoms with Gasteiger partial charge in [-0.25, -0.2) is 10.1 Å². The standard InChI is InChI=1S/C11H15N5O5/c1-19-8-5-10(21-3)9(20-2)4-7(8)6-13-14-11(12)15-16(17)18/h4-6H,1-3H3,(H3,12,14,15)/b13-6+. The molecule has 10 nitrogen and oxygen atoms in total. The summed E-state index contributed by atoms with van der Waals surface area (Å²) < 4.78 is 15.5. The van der Waals surface area contributed by atoms with Crippen LogP contribution in [0.5, 0.6) is 17.2 Å². The number of benzene rings is 1. The van der Waals surface area contributed by atoms with E-state index in [-0.39, 0.29) is 0 Å². The number of hydrogen-bond donors (Lipinski definition) is 2. The molecule has 0 bridgehead atoms. The summed E-state index contributed by atoms with van der Waals surface area (Å²) in [6.45, 7) is 0. The molecule has 0 saturated carbocycles. The minimum absolute atomic E-state index is 0.448. The lowest BCUT2D eigenvalue weighted by Gasteiger charge is -2.11. The average Bonchev–Trinajstić information content (AvgIpc) is 2.45. The van der Waals surface area contributed by atoms with Gasteiger partial charge in [0.05, 0.1) is 27.5 Å². The number of nitrogens with two attached hydrogens (primary N) is 1. The Labute approximate surface area is 120 Å². The van der Waals surface area contributed by atoms with Crippen LogP contribution in [0.3, 0.4) is 0 Å². The van der Waals surface area contributed by atoms with E-state index in [1.54, 1.807) is 17.6 Å². The normalized spacial score (nSPS) is 11.3. The van der Waals surface area contributed by atoms with Gasteiger partial charge in [0.15, 0.2) is 16.5 Å². The molecule has 21 heavy (non-hydrogen) atoms. The van der Waals surface area contributed by atoms with Crippen molar-refractivity contribution in [1.82, 2.24) is 5.43 Å². The average molecular weight is 297 g/mol. The number of guanidine groups is 1. The molecule has 0 unspecified atom stereocenters. The predicted molar refractivity (Wildman–Crippen MR) is 75.4 cm³/mol. The second-order valence-electron chi connectivity index (χ2n) is 3.55. The summed E-state index contributed by atoms with van der Waals surface area (Å²) in [6.07, 6.45) is 1.31. The van der Waals surface area contributed by atoms with E-state index in [0.29, 0.717) is 22.8 Å². The van der Waals surface area contributed by atoms with Crippen LogP contribution in [-0.4, -0.2) is 38.5 Å². The van der Waals surface area contributed by atoms with E-state index in [0.717, 1.165) is 0 Å². The molecule has 3 N–H and O–H groups in total. The number of hydrogen-bond acceptors (Lipinski definition) is 7. The van der Waals surface area contributed by atoms with Crippen molar-refractivity contribution in [3.63, 3.8) is 0 Å². The van der Waals surface area contributed by atoms with E-state index in [1.807, 2.05) is 0 Å². The van der Waals surface area contributed by atoms with E-state index in [4.69, 9.17) is 19.9 Å². The van der Waals surface area contributed by atoms with Gasteiger partial charge in [-0.2, -0.15) is 5.10 Å². The summed E-state index contributed by atoms with van der Waals surface area (Å²) in [5.74, 6) is 0.979. The van der Waals surface area contributed by atoms with Crippen LogP contribution in [0.2, 0.25) is 0 Å². The SMILES string of the molecule is COc1cc(OC)c(OC)cc1/C=N/N=C(\N)N[N+](=O)[O-]. The Morgan fingerprint density at radius 1 is 1.24 bits per heavy atom. The van der Waals surface area contributed by atoms with E-state index < -0.39 is 11.0 Å². The molecule has 0 saturated heterocycles. The van der Waals surface area contributed by atoms with E-state index >= 15 is 0 Å². The van der Waals surface area contributed by atoms with Crippen molar-refractivity contribution < 1.29 is 19.2 Å². The zero-order valence-electron chi connectivity index (χ0n) is 11.7. The van der Waals surface area contributed by atoms with E-state index in [1.165, 1.54) is 27.5 Å². The molecule has 0 radical (unpaired) electrons. The molecule has 114 valence electrons. The van der Waals surface area contributed by atoms with Crippen LogP contribution in [0.4, 0.5) is 0 Å². The summed E-state index contributed by atoms with van der Waals surface area (Å²) >= 11 is 0. The summed E-state index contributed by atoms with van der Waals surface area (Å²) in [4.78, 5) is 10.1. The Hall–Kier alpha value is -3.04. The van der Waals surface area contributed by atoms with E-state index in [9.17, 15) is 10.1 Å². The van der Waals surface area contributed by atoms with Gasteiger partial charge in [0.25, 0.3) is 5.96 Å². The predicted octanol–water partition coefficient (Wildman–Crippen LogP) is 0.142. The summed E-state index contributed by atoms with van der Waals surface area (Å²) in [6, 6.07) is 3.23. The molecule has 0 fully saturated rings. The van der Waals surface area contributed by atoms with Crippen LogP contribution in [0.1, 0.15) is 5.56 Å². The zero-order chi connectivity index (χ0) is 15.8. The highest BCUT2D eigenvalue weighted by atomic mass is 16.7. The van der Waals surface area contributed by atoms with Gasteiger partial charge < -0.3 is 19.9 Å². The molecule has 0 heterocycles. The topological polar surface area (TPSA) is 134 Å². The number of nitrogens with zero attached hydrogens (tertiary/aromatic N) is 3. The van der Waals surface area contributed by atoms with E-state index in [2.05, 4.69) is 10.2 Å². The van der Waals surface area contributed by atoms with Gasteiger partial charge in [0, 0.05) is 11.6 Å². The fourth-order valence-corrected chi connectivity index (χ4v) is 1.42. The largest absolute Gasteiger partial charge is 0.496 e. The van der Waals surface area contributed by atoms with Crippen molar-refractivity contribution in [3.8, 4) is 17.2 Å². The van der Waals surface area contributed by atoms with Crippen LogP contribution >= 0.6 is 0 Å². The Bertz CT molecular complexity index is 572. The summed E-state index contributed by atoms with van der Waals surface area (Å²) in [5.41, 5.74) is 7.41. The van der Waals surface area contributed by atoms with Crippen molar-refractivity contribution >= 4 is 12.2 Å². The van der Waals surface area contributed by atoms with Gasteiger partial charge in [-0.3, -0.25) is 0 Å². The lowest BCUT2D eigenvalue weighted by molar-refractivity contribution is -0.525. The third-order valence-electron chi connectivity index (χ3n) is 2.30. The molecule has 0 aromatic heterocycles. The molecule has 0 spiro atoms. The van der Waals surface area contributed by atoms with Gasteiger partial charge >= 0.3 is 0 Å². The number of methoxy groups -OCH3 is 3. The quantitative estimate of drug-likeness (QED) is 0.330. The zero-order valence-corrected chi connectivity index (χ0v) is 11.7. The fraction of sp³-hybridized carbons (Fsp3) is 0.273. The maximum Gasteiger partial charge on any atom is 0.275 e. The summed E-state index contributed by atoms with van der Waals surface area (Å²) in [7, 11) is 4.46. The molecule has 1 rings (SSSR count). The van der Waals surface area contributed by atoms with Crippen LogP contribution in [0.25, 0.3) is 0 Å². The first-order chi connectivity index (χ1) is 10.0. The Kier molecular flexibility index (Phi) is 5.74. The smallest absolute Gasteiger partial charge is 0.275 e. The molecule has 0 amide bonds. The van der Waals surface area contributed by atoms with Crippen molar-refractivity contribution in [2.75, 3.05) is 21.3 Å². The molecule has 0 aliphatic carbocycles. The maximum absolute atomic E-state index is 10.1. The molecule has 0 aliphatic rings. The first kappa shape index (κ1) is 16.0. The van der Waals surface area contributed by atoms with Crippen LogP contribution in [-0.2, 0) is 0 Å². The lowest BCUT2D eigenvalue weighted by Crippen LogP contribution is -2.35. The van der Waals surface area contributed by atoms with Crippen molar-refractivity contribution in [3.05, 3.63) is 27.8 Å². The third kappa shape index (κ3) is 4.53. The van der Waals surface area contributed by atoms with Crippen LogP contribution in [0.15, 0.2) is 22.3 Å². The molecule has 0 atom stereocenters. The van der Waals surface area contributed by atoms with Gasteiger partial charge in [-0.15, -0.1) is 5.10 Å². The lowest BCUT2D eigenvalue weighted by atomic mass is 10.2. The van der Waals surface area contributed by atoms with Gasteiger partial charge in [0.1, 0.15) is 5.75 Å². The van der Waals surface area contributed by atoms with Crippen molar-refractivity contribution in [2.45, 2.75) is 0 Å². The third-order valence-corrected chi connectivity index (χ3v) is 2.30. The number of ether oxygens (including phenoxy) is 3. The molecular weight excluding hydrogens is 282 g/mol. The first-order valence-corrected chi connectivity index (χ1v) is 5.59. The van der Waals surface area contributed by atoms with Gasteiger partial charge in [-0.05, 0) is 6.07 Å². The molecule has 1 aromatic carbocycles. The Balaban J connectivity index is 3.04. The van der Waals surface area contributed by atoms with Gasteiger partial charge in [-0.1, -0.05) is 5.43 Å². The maximum atomic E-state index is 10.1. The molecule has 0 aliphatic heterocycles. The highest BCUT2D eigenvalue weighted by Crippen LogP contribution is 2.33. The molecular formula is C11H15N5O5. The number of rotatable bonds is 6. The second kappa shape index (κ2) is 7.53. The van der Waals surface area contributed by atoms with Crippen molar-refractivity contribution in [2.24, 2.45) is 15.9 Å². The minimum atomic E-state index is -0.842. The van der Waals surface area contributed by atoms with Gasteiger partial charge in [0.2, 0.25) is 0 Å². The van der Waals surface area contributed by atoms with Crippen molar-refractivity contribution in [1.29, 1.82) is 0 Å². The second-order valence-corrected chi connectivity index (χ2v) is 3.55. The first-order valence-electron chi connectivity index (χ1n) is 5.59. The number of nitro groups is 1. The minimum Gasteiger partial charge on any atom is -0.496 e. The Morgan fingerprint density at radius 3 is 2.33 bits per heavy atom. The highest BCUT2D eigenvalue weighted by molar-refractivity contribution is 5.86. The molecule has 10 heteroatoms.